The summed E-state index contributed by atoms with van der Waals surface area (Å²) in [7, 11) is 0. The summed E-state index contributed by atoms with van der Waals surface area (Å²) in [6.45, 7) is 9.03. The van der Waals surface area contributed by atoms with Gasteiger partial charge in [-0.25, -0.2) is 0 Å². The fraction of sp³-hybridized carbons (Fsp3) is 0.625. The molecule has 0 saturated carbocycles. The van der Waals surface area contributed by atoms with Crippen LogP contribution in [0.15, 0.2) is 24.3 Å². The molecule has 0 spiro atoms. The lowest BCUT2D eigenvalue weighted by molar-refractivity contribution is 0.589. The van der Waals surface area contributed by atoms with Crippen molar-refractivity contribution in [1.82, 2.24) is 0 Å². The first-order valence-corrected chi connectivity index (χ1v) is 7.58. The summed E-state index contributed by atoms with van der Waals surface area (Å²) in [5, 5.41) is 0. The van der Waals surface area contributed by atoms with Gasteiger partial charge < -0.3 is 0 Å². The van der Waals surface area contributed by atoms with Crippen LogP contribution in [0.5, 0.6) is 0 Å². The van der Waals surface area contributed by atoms with E-state index >= 15 is 0 Å². The van der Waals surface area contributed by atoms with Crippen LogP contribution in [0.1, 0.15) is 58.1 Å². The van der Waals surface area contributed by atoms with E-state index in [4.69, 9.17) is 0 Å². The number of rotatable bonds is 5. The van der Waals surface area contributed by atoms with Gasteiger partial charge in [0, 0.05) is 4.83 Å². The summed E-state index contributed by atoms with van der Waals surface area (Å²) in [5.41, 5.74) is 3.14. The SMILES string of the molecule is CCCC(Br)CCc1ccc(C(C)(C)C)cc1. The van der Waals surface area contributed by atoms with Crippen molar-refractivity contribution in [3.8, 4) is 0 Å². The fourth-order valence-corrected chi connectivity index (χ4v) is 2.64. The van der Waals surface area contributed by atoms with Crippen LogP contribution in [0.3, 0.4) is 0 Å². The second-order valence-electron chi connectivity index (χ2n) is 5.87. The van der Waals surface area contributed by atoms with Gasteiger partial charge in [-0.15, -0.1) is 0 Å². The Morgan fingerprint density at radius 3 is 2.12 bits per heavy atom. The summed E-state index contributed by atoms with van der Waals surface area (Å²) in [4.78, 5) is 0.676. The maximum atomic E-state index is 3.74. The molecule has 1 heteroatoms. The van der Waals surface area contributed by atoms with Crippen LogP contribution in [0.25, 0.3) is 0 Å². The minimum absolute atomic E-state index is 0.263. The van der Waals surface area contributed by atoms with Crippen molar-refractivity contribution < 1.29 is 0 Å². The summed E-state index contributed by atoms with van der Waals surface area (Å²) >= 11 is 3.74. The highest BCUT2D eigenvalue weighted by molar-refractivity contribution is 9.09. The van der Waals surface area contributed by atoms with Gasteiger partial charge in [0.1, 0.15) is 0 Å². The minimum Gasteiger partial charge on any atom is -0.0891 e. The van der Waals surface area contributed by atoms with E-state index in [1.165, 1.54) is 36.8 Å². The van der Waals surface area contributed by atoms with E-state index in [9.17, 15) is 0 Å². The topological polar surface area (TPSA) is 0 Å². The van der Waals surface area contributed by atoms with Gasteiger partial charge in [0.25, 0.3) is 0 Å². The van der Waals surface area contributed by atoms with Crippen LogP contribution >= 0.6 is 15.9 Å². The third kappa shape index (κ3) is 5.25. The normalized spacial score (nSPS) is 13.7. The lowest BCUT2D eigenvalue weighted by Crippen LogP contribution is -2.10. The van der Waals surface area contributed by atoms with Crippen LogP contribution in [0.4, 0.5) is 0 Å². The highest BCUT2D eigenvalue weighted by Gasteiger charge is 2.12. The monoisotopic (exact) mass is 296 g/mol. The summed E-state index contributed by atoms with van der Waals surface area (Å²) in [6, 6.07) is 9.12. The molecule has 0 fully saturated rings. The number of alkyl halides is 1. The molecule has 1 unspecified atom stereocenters. The first-order chi connectivity index (χ1) is 7.93. The van der Waals surface area contributed by atoms with Crippen molar-refractivity contribution in [3.05, 3.63) is 35.4 Å². The van der Waals surface area contributed by atoms with Gasteiger partial charge in [0.05, 0.1) is 0 Å². The molecule has 0 saturated heterocycles. The van der Waals surface area contributed by atoms with Gasteiger partial charge >= 0.3 is 0 Å². The quantitative estimate of drug-likeness (QED) is 0.631. The smallest absolute Gasteiger partial charge is 0.0148 e. The fourth-order valence-electron chi connectivity index (χ4n) is 1.95. The van der Waals surface area contributed by atoms with Crippen LogP contribution in [-0.4, -0.2) is 4.83 Å². The van der Waals surface area contributed by atoms with Crippen LogP contribution in [0, 0.1) is 0 Å². The van der Waals surface area contributed by atoms with Gasteiger partial charge in [-0.05, 0) is 35.8 Å². The lowest BCUT2D eigenvalue weighted by atomic mass is 9.86. The zero-order valence-corrected chi connectivity index (χ0v) is 13.2. The summed E-state index contributed by atoms with van der Waals surface area (Å²) < 4.78 is 0. The molecule has 1 aromatic rings. The van der Waals surface area contributed by atoms with Crippen molar-refractivity contribution in [2.45, 2.75) is 63.6 Å². The largest absolute Gasteiger partial charge is 0.0891 e. The molecule has 1 aromatic carbocycles. The molecule has 0 heterocycles. The number of benzene rings is 1. The maximum absolute atomic E-state index is 3.74. The Morgan fingerprint density at radius 2 is 1.65 bits per heavy atom. The highest BCUT2D eigenvalue weighted by Crippen LogP contribution is 2.23. The van der Waals surface area contributed by atoms with E-state index < -0.39 is 0 Å². The average Bonchev–Trinajstić information content (AvgIpc) is 2.26. The highest BCUT2D eigenvalue weighted by atomic mass is 79.9. The summed E-state index contributed by atoms with van der Waals surface area (Å²) in [5.74, 6) is 0. The van der Waals surface area contributed by atoms with Crippen molar-refractivity contribution in [1.29, 1.82) is 0 Å². The standard InChI is InChI=1S/C16H25Br/c1-5-6-15(17)12-9-13-7-10-14(11-8-13)16(2,3)4/h7-8,10-11,15H,5-6,9,12H2,1-4H3. The van der Waals surface area contributed by atoms with E-state index in [1.807, 2.05) is 0 Å². The third-order valence-electron chi connectivity index (χ3n) is 3.17. The van der Waals surface area contributed by atoms with Gasteiger partial charge in [0.2, 0.25) is 0 Å². The molecule has 0 bridgehead atoms. The Morgan fingerprint density at radius 1 is 1.06 bits per heavy atom. The second-order valence-corrected chi connectivity index (χ2v) is 7.17. The predicted octanol–water partition coefficient (Wildman–Crippen LogP) is 5.48. The zero-order chi connectivity index (χ0) is 12.9. The van der Waals surface area contributed by atoms with E-state index in [-0.39, 0.29) is 5.41 Å². The van der Waals surface area contributed by atoms with Gasteiger partial charge in [-0.2, -0.15) is 0 Å². The molecule has 1 rings (SSSR count). The second kappa shape index (κ2) is 6.58. The molecule has 0 N–H and O–H groups in total. The molecule has 0 radical (unpaired) electrons. The molecule has 0 nitrogen and oxygen atoms in total. The Hall–Kier alpha value is -0.300. The molecule has 0 aliphatic rings. The van der Waals surface area contributed by atoms with Crippen molar-refractivity contribution in [2.24, 2.45) is 0 Å². The van der Waals surface area contributed by atoms with E-state index in [0.29, 0.717) is 4.83 Å². The minimum atomic E-state index is 0.263. The maximum Gasteiger partial charge on any atom is 0.0148 e. The van der Waals surface area contributed by atoms with E-state index in [1.54, 1.807) is 0 Å². The first-order valence-electron chi connectivity index (χ1n) is 6.67. The molecule has 96 valence electrons. The Labute approximate surface area is 115 Å². The lowest BCUT2D eigenvalue weighted by Gasteiger charge is -2.19. The zero-order valence-electron chi connectivity index (χ0n) is 11.6. The first kappa shape index (κ1) is 14.8. The Kier molecular flexibility index (Phi) is 5.72. The number of hydrogen-bond acceptors (Lipinski definition) is 0. The van der Waals surface area contributed by atoms with E-state index in [2.05, 4.69) is 67.9 Å². The Balaban J connectivity index is 2.51. The number of hydrogen-bond donors (Lipinski definition) is 0. The average molecular weight is 297 g/mol. The molecule has 17 heavy (non-hydrogen) atoms. The third-order valence-corrected chi connectivity index (χ3v) is 4.08. The van der Waals surface area contributed by atoms with E-state index in [0.717, 1.165) is 0 Å². The van der Waals surface area contributed by atoms with Gasteiger partial charge in [-0.3, -0.25) is 0 Å². The van der Waals surface area contributed by atoms with Crippen LogP contribution < -0.4 is 0 Å². The Bertz CT molecular complexity index is 318. The van der Waals surface area contributed by atoms with Crippen molar-refractivity contribution in [2.75, 3.05) is 0 Å². The molecule has 0 aliphatic carbocycles. The number of halogens is 1. The molecule has 0 amide bonds. The van der Waals surface area contributed by atoms with Gasteiger partial charge in [-0.1, -0.05) is 74.3 Å². The molecule has 0 aliphatic heterocycles. The van der Waals surface area contributed by atoms with Crippen LogP contribution in [0.2, 0.25) is 0 Å². The summed E-state index contributed by atoms with van der Waals surface area (Å²) in [6.07, 6.45) is 4.96. The van der Waals surface area contributed by atoms with Crippen LogP contribution in [-0.2, 0) is 11.8 Å². The molecule has 0 aromatic heterocycles. The molecular formula is C16H25Br. The number of aryl methyl sites for hydroxylation is 1. The van der Waals surface area contributed by atoms with Crippen molar-refractivity contribution in [3.63, 3.8) is 0 Å². The molecular weight excluding hydrogens is 272 g/mol. The van der Waals surface area contributed by atoms with Crippen molar-refractivity contribution >= 4 is 15.9 Å². The predicted molar refractivity (Wildman–Crippen MR) is 81.1 cm³/mol. The molecule has 1 atom stereocenters. The van der Waals surface area contributed by atoms with Gasteiger partial charge in [0.15, 0.2) is 0 Å².